The molecule has 6 heteroatoms. The highest BCUT2D eigenvalue weighted by molar-refractivity contribution is 7.92. The van der Waals surface area contributed by atoms with Gasteiger partial charge in [0.1, 0.15) is 5.75 Å². The van der Waals surface area contributed by atoms with Crippen molar-refractivity contribution in [2.45, 2.75) is 6.92 Å². The van der Waals surface area contributed by atoms with Crippen molar-refractivity contribution < 1.29 is 13.2 Å². The summed E-state index contributed by atoms with van der Waals surface area (Å²) < 4.78 is 21.6. The topological polar surface area (TPSA) is 89.3 Å². The Balaban J connectivity index is 3.95. The molecule has 0 fully saturated rings. The molecule has 0 aliphatic heterocycles. The molecule has 3 N–H and O–H groups in total. The number of carbonyl (C=O) groups excluding carboxylic acids is 1. The molecular weight excluding hydrogens is 168 g/mol. The Bertz CT molecular complexity index is 222. The van der Waals surface area contributed by atoms with Gasteiger partial charge >= 0.3 is 0 Å². The van der Waals surface area contributed by atoms with E-state index in [-0.39, 0.29) is 12.4 Å². The maximum atomic E-state index is 10.8. The smallest absolute Gasteiger partial charge is 0.236 e. The van der Waals surface area contributed by atoms with E-state index in [1.54, 1.807) is 0 Å². The van der Waals surface area contributed by atoms with Gasteiger partial charge in [-0.05, 0) is 0 Å². The largest absolute Gasteiger partial charge is 0.343 e. The number of nitrogens with one attached hydrogen (secondary N) is 1. The van der Waals surface area contributed by atoms with Crippen LogP contribution in [0.4, 0.5) is 0 Å². The van der Waals surface area contributed by atoms with Crippen LogP contribution in [-0.2, 0) is 14.6 Å². The number of hydrogen-bond donors (Lipinski definition) is 2. The number of sulfone groups is 1. The Labute approximate surface area is 65.9 Å². The lowest BCUT2D eigenvalue weighted by Gasteiger charge is -2.00. The lowest BCUT2D eigenvalue weighted by Crippen LogP contribution is -2.34. The maximum absolute atomic E-state index is 10.8. The molecule has 0 saturated carbocycles. The molecule has 0 aliphatic carbocycles. The van der Waals surface area contributed by atoms with Gasteiger partial charge in [0.15, 0.2) is 9.84 Å². The van der Waals surface area contributed by atoms with Crippen molar-refractivity contribution in [3.05, 3.63) is 0 Å². The first-order valence-electron chi connectivity index (χ1n) is 3.19. The Morgan fingerprint density at radius 1 is 1.55 bits per heavy atom. The van der Waals surface area contributed by atoms with Crippen LogP contribution in [-0.4, -0.2) is 32.5 Å². The Morgan fingerprint density at radius 2 is 2.09 bits per heavy atom. The zero-order chi connectivity index (χ0) is 8.91. The molecule has 66 valence electrons. The van der Waals surface area contributed by atoms with Crippen LogP contribution in [0.1, 0.15) is 6.92 Å². The summed E-state index contributed by atoms with van der Waals surface area (Å²) in [5.41, 5.74) is 4.96. The van der Waals surface area contributed by atoms with Crippen molar-refractivity contribution >= 4 is 15.7 Å². The number of carbonyl (C=O) groups is 1. The third kappa shape index (κ3) is 4.74. The normalized spacial score (nSPS) is 11.1. The van der Waals surface area contributed by atoms with Crippen LogP contribution in [0.2, 0.25) is 0 Å². The van der Waals surface area contributed by atoms with E-state index in [0.717, 1.165) is 0 Å². The molecule has 0 spiro atoms. The first-order chi connectivity index (χ1) is 5.02. The Kier molecular flexibility index (Phi) is 4.06. The summed E-state index contributed by atoms with van der Waals surface area (Å²) in [4.78, 5) is 10.6. The summed E-state index contributed by atoms with van der Waals surface area (Å²) in [7, 11) is -3.21. The van der Waals surface area contributed by atoms with Crippen LogP contribution in [0, 0.1) is 0 Å². The van der Waals surface area contributed by atoms with Crippen LogP contribution >= 0.6 is 0 Å². The molecule has 0 radical (unpaired) electrons. The highest BCUT2D eigenvalue weighted by Gasteiger charge is 2.12. The molecule has 0 aromatic heterocycles. The van der Waals surface area contributed by atoms with Gasteiger partial charge in [-0.15, -0.1) is 0 Å². The quantitative estimate of drug-likeness (QED) is 0.513. The van der Waals surface area contributed by atoms with E-state index in [1.165, 1.54) is 6.92 Å². The van der Waals surface area contributed by atoms with E-state index in [2.05, 4.69) is 5.32 Å². The summed E-state index contributed by atoms with van der Waals surface area (Å²) in [6.07, 6.45) is 0. The van der Waals surface area contributed by atoms with Crippen LogP contribution in [0.3, 0.4) is 0 Å². The zero-order valence-corrected chi connectivity index (χ0v) is 7.15. The summed E-state index contributed by atoms with van der Waals surface area (Å²) >= 11 is 0. The second-order valence-corrected chi connectivity index (χ2v) is 4.33. The second-order valence-electron chi connectivity index (χ2n) is 1.98. The van der Waals surface area contributed by atoms with Crippen molar-refractivity contribution in [1.82, 2.24) is 5.32 Å². The molecule has 0 aromatic rings. The van der Waals surface area contributed by atoms with Crippen molar-refractivity contribution in [3.63, 3.8) is 0 Å². The fourth-order valence-corrected chi connectivity index (χ4v) is 1.17. The number of nitrogens with two attached hydrogens (primary N) is 1. The fraction of sp³-hybridized carbons (Fsp3) is 0.800. The summed E-state index contributed by atoms with van der Waals surface area (Å²) in [6, 6.07) is 0. The van der Waals surface area contributed by atoms with E-state index in [9.17, 15) is 13.2 Å². The number of rotatable bonds is 4. The average Bonchev–Trinajstić information content (AvgIpc) is 1.87. The van der Waals surface area contributed by atoms with Gasteiger partial charge in [-0.1, -0.05) is 6.92 Å². The standard InChI is InChI=1S/C5H12N2O3S/c1-2-11(9,10)3-5(8)7-4-6/h2-4,6H2,1H3,(H,7,8). The summed E-state index contributed by atoms with van der Waals surface area (Å²) in [5, 5.41) is 2.20. The highest BCUT2D eigenvalue weighted by atomic mass is 32.2. The zero-order valence-electron chi connectivity index (χ0n) is 6.33. The van der Waals surface area contributed by atoms with E-state index < -0.39 is 21.5 Å². The summed E-state index contributed by atoms with van der Waals surface area (Å²) in [6.45, 7) is 1.46. The van der Waals surface area contributed by atoms with Gasteiger partial charge in [0.2, 0.25) is 5.91 Å². The first kappa shape index (κ1) is 10.4. The molecular formula is C5H12N2O3S. The second kappa shape index (κ2) is 4.30. The Morgan fingerprint density at radius 3 is 2.45 bits per heavy atom. The van der Waals surface area contributed by atoms with Gasteiger partial charge in [0.05, 0.1) is 6.67 Å². The maximum Gasteiger partial charge on any atom is 0.236 e. The minimum absolute atomic E-state index is 0.0228. The number of hydrogen-bond acceptors (Lipinski definition) is 4. The van der Waals surface area contributed by atoms with Gasteiger partial charge < -0.3 is 11.1 Å². The van der Waals surface area contributed by atoms with Crippen molar-refractivity contribution in [3.8, 4) is 0 Å². The molecule has 0 heterocycles. The predicted molar refractivity (Wildman–Crippen MR) is 41.5 cm³/mol. The molecule has 0 aliphatic rings. The SMILES string of the molecule is CCS(=O)(=O)CC(=O)NCN. The molecule has 0 rings (SSSR count). The van der Waals surface area contributed by atoms with Gasteiger partial charge in [-0.3, -0.25) is 4.79 Å². The molecule has 0 unspecified atom stereocenters. The third-order valence-electron chi connectivity index (χ3n) is 1.09. The van der Waals surface area contributed by atoms with E-state index in [1.807, 2.05) is 0 Å². The molecule has 11 heavy (non-hydrogen) atoms. The van der Waals surface area contributed by atoms with E-state index in [0.29, 0.717) is 0 Å². The number of amides is 1. The highest BCUT2D eigenvalue weighted by Crippen LogP contribution is 1.87. The van der Waals surface area contributed by atoms with E-state index >= 15 is 0 Å². The van der Waals surface area contributed by atoms with Crippen molar-refractivity contribution in [1.29, 1.82) is 0 Å². The molecule has 0 saturated heterocycles. The van der Waals surface area contributed by atoms with Crippen molar-refractivity contribution in [2.75, 3.05) is 18.2 Å². The molecule has 0 aromatic carbocycles. The first-order valence-corrected chi connectivity index (χ1v) is 5.01. The fourth-order valence-electron chi connectivity index (χ4n) is 0.467. The van der Waals surface area contributed by atoms with Crippen LogP contribution in [0.5, 0.6) is 0 Å². The van der Waals surface area contributed by atoms with E-state index in [4.69, 9.17) is 5.73 Å². The monoisotopic (exact) mass is 180 g/mol. The van der Waals surface area contributed by atoms with Gasteiger partial charge in [-0.25, -0.2) is 8.42 Å². The lowest BCUT2D eigenvalue weighted by atomic mass is 10.7. The minimum atomic E-state index is -3.21. The Hall–Kier alpha value is -0.620. The van der Waals surface area contributed by atoms with Gasteiger partial charge in [0, 0.05) is 5.75 Å². The minimum Gasteiger partial charge on any atom is -0.343 e. The predicted octanol–water partition coefficient (Wildman–Crippen LogP) is -1.55. The van der Waals surface area contributed by atoms with Crippen molar-refractivity contribution in [2.24, 2.45) is 5.73 Å². The summed E-state index contributed by atoms with van der Waals surface area (Å²) in [5.74, 6) is -1.04. The molecule has 0 atom stereocenters. The lowest BCUT2D eigenvalue weighted by molar-refractivity contribution is -0.118. The van der Waals surface area contributed by atoms with Gasteiger partial charge in [0.25, 0.3) is 0 Å². The molecule has 1 amide bonds. The molecule has 5 nitrogen and oxygen atoms in total. The van der Waals surface area contributed by atoms with Crippen LogP contribution in [0.25, 0.3) is 0 Å². The average molecular weight is 180 g/mol. The van der Waals surface area contributed by atoms with Gasteiger partial charge in [-0.2, -0.15) is 0 Å². The molecule has 0 bridgehead atoms. The van der Waals surface area contributed by atoms with Crippen LogP contribution < -0.4 is 11.1 Å². The van der Waals surface area contributed by atoms with Crippen LogP contribution in [0.15, 0.2) is 0 Å². The third-order valence-corrected chi connectivity index (χ3v) is 2.67.